The highest BCUT2D eigenvalue weighted by Gasteiger charge is 2.23. The van der Waals surface area contributed by atoms with Crippen molar-refractivity contribution >= 4 is 17.1 Å². The molecule has 4 rings (SSSR count). The Morgan fingerprint density at radius 1 is 1.00 bits per heavy atom. The number of imidazole rings is 1. The molecule has 0 amide bonds. The van der Waals surface area contributed by atoms with Crippen molar-refractivity contribution in [2.45, 2.75) is 19.2 Å². The highest BCUT2D eigenvalue weighted by atomic mass is 16.5. The van der Waals surface area contributed by atoms with Gasteiger partial charge in [-0.1, -0.05) is 48.5 Å². The van der Waals surface area contributed by atoms with Crippen LogP contribution in [0.3, 0.4) is 0 Å². The quantitative estimate of drug-likeness (QED) is 0.438. The molecule has 9 heteroatoms. The topological polar surface area (TPSA) is 94.5 Å². The number of nitrogens with zero attached hydrogens (tertiary/aromatic N) is 5. The van der Waals surface area contributed by atoms with Crippen molar-refractivity contribution in [2.75, 3.05) is 18.6 Å². The molecule has 9 nitrogen and oxygen atoms in total. The van der Waals surface area contributed by atoms with Crippen molar-refractivity contribution in [2.24, 2.45) is 14.1 Å². The molecule has 0 aliphatic carbocycles. The Labute approximate surface area is 190 Å². The summed E-state index contributed by atoms with van der Waals surface area (Å²) in [5.74, 6) is 1.12. The summed E-state index contributed by atoms with van der Waals surface area (Å²) in [7, 11) is 4.88. The van der Waals surface area contributed by atoms with Crippen molar-refractivity contribution in [3.05, 3.63) is 87.1 Å². The van der Waals surface area contributed by atoms with Crippen LogP contribution in [0.4, 0.5) is 5.95 Å². The molecule has 1 N–H and O–H groups in total. The molecule has 0 bridgehead atoms. The first kappa shape index (κ1) is 22.3. The fraction of sp³-hybridized carbons (Fsp3) is 0.292. The lowest BCUT2D eigenvalue weighted by Crippen LogP contribution is -2.38. The first-order valence-corrected chi connectivity index (χ1v) is 10.6. The number of aliphatic hydroxyl groups is 1. The van der Waals surface area contributed by atoms with Gasteiger partial charge in [-0.05, 0) is 17.7 Å². The van der Waals surface area contributed by atoms with Crippen LogP contribution in [0.25, 0.3) is 11.2 Å². The van der Waals surface area contributed by atoms with E-state index in [2.05, 4.69) is 4.98 Å². The van der Waals surface area contributed by atoms with E-state index in [1.165, 1.54) is 11.6 Å². The first-order chi connectivity index (χ1) is 15.9. The van der Waals surface area contributed by atoms with E-state index in [0.717, 1.165) is 10.1 Å². The minimum absolute atomic E-state index is 0.0393. The molecule has 1 atom stereocenters. The summed E-state index contributed by atoms with van der Waals surface area (Å²) in [4.78, 5) is 32.0. The molecular weight excluding hydrogens is 422 g/mol. The standard InChI is InChI=1S/C24H27N5O4/c1-26(14-17-10-6-4-7-11-17)23-25-21-20(22(31)28(3)24(32)27(21)2)29(23)15-18(30)16-33-19-12-8-5-9-13-19/h4-13,18,30H,14-16H2,1-3H3/t18-/m0/s1. The lowest BCUT2D eigenvalue weighted by molar-refractivity contribution is 0.0936. The summed E-state index contributed by atoms with van der Waals surface area (Å²) in [5.41, 5.74) is 0.675. The number of hydrogen-bond donors (Lipinski definition) is 1. The van der Waals surface area contributed by atoms with Gasteiger partial charge in [-0.2, -0.15) is 4.98 Å². The number of aliphatic hydroxyl groups excluding tert-OH is 1. The van der Waals surface area contributed by atoms with Crippen molar-refractivity contribution in [3.8, 4) is 5.75 Å². The normalized spacial score (nSPS) is 12.1. The SMILES string of the molecule is CN(Cc1ccccc1)c1nc2c(c(=O)n(C)c(=O)n2C)n1C[C@H](O)COc1ccccc1. The fourth-order valence-corrected chi connectivity index (χ4v) is 3.80. The number of hydrogen-bond acceptors (Lipinski definition) is 6. The lowest BCUT2D eigenvalue weighted by Gasteiger charge is -2.21. The molecule has 0 saturated carbocycles. The molecule has 4 aromatic rings. The van der Waals surface area contributed by atoms with Crippen LogP contribution in [0.2, 0.25) is 0 Å². The van der Waals surface area contributed by atoms with Crippen LogP contribution >= 0.6 is 0 Å². The predicted molar refractivity (Wildman–Crippen MR) is 127 cm³/mol. The number of anilines is 1. The van der Waals surface area contributed by atoms with Gasteiger partial charge in [0.15, 0.2) is 11.2 Å². The van der Waals surface area contributed by atoms with E-state index < -0.39 is 17.4 Å². The molecule has 2 aromatic carbocycles. The monoisotopic (exact) mass is 449 g/mol. The van der Waals surface area contributed by atoms with Crippen LogP contribution in [-0.2, 0) is 27.2 Å². The van der Waals surface area contributed by atoms with Gasteiger partial charge in [-0.15, -0.1) is 0 Å². The van der Waals surface area contributed by atoms with Crippen LogP contribution in [0, 0.1) is 0 Å². The van der Waals surface area contributed by atoms with E-state index in [-0.39, 0.29) is 24.3 Å². The van der Waals surface area contributed by atoms with Gasteiger partial charge in [0.2, 0.25) is 5.95 Å². The third-order valence-corrected chi connectivity index (χ3v) is 5.51. The molecule has 0 fully saturated rings. The second-order valence-corrected chi connectivity index (χ2v) is 8.02. The summed E-state index contributed by atoms with van der Waals surface area (Å²) in [6.45, 7) is 0.651. The maximum absolute atomic E-state index is 13.0. The molecule has 2 aromatic heterocycles. The van der Waals surface area contributed by atoms with Crippen LogP contribution < -0.4 is 20.9 Å². The second kappa shape index (κ2) is 9.33. The third kappa shape index (κ3) is 4.54. The van der Waals surface area contributed by atoms with Crippen molar-refractivity contribution in [1.82, 2.24) is 18.7 Å². The zero-order valence-electron chi connectivity index (χ0n) is 18.9. The van der Waals surface area contributed by atoms with Crippen LogP contribution in [0.1, 0.15) is 5.56 Å². The maximum Gasteiger partial charge on any atom is 0.332 e. The first-order valence-electron chi connectivity index (χ1n) is 10.6. The van der Waals surface area contributed by atoms with Gasteiger partial charge in [0.25, 0.3) is 5.56 Å². The van der Waals surface area contributed by atoms with Gasteiger partial charge in [0, 0.05) is 27.7 Å². The van der Waals surface area contributed by atoms with E-state index in [0.29, 0.717) is 18.2 Å². The molecule has 0 radical (unpaired) electrons. The van der Waals surface area contributed by atoms with Gasteiger partial charge in [-0.25, -0.2) is 4.79 Å². The Morgan fingerprint density at radius 2 is 1.64 bits per heavy atom. The molecule has 0 spiro atoms. The molecule has 0 unspecified atom stereocenters. The molecule has 172 valence electrons. The van der Waals surface area contributed by atoms with Crippen LogP contribution in [-0.4, -0.2) is 43.6 Å². The number of ether oxygens (including phenoxy) is 1. The molecule has 0 aliphatic rings. The number of aryl methyl sites for hydroxylation is 1. The molecular formula is C24H27N5O4. The lowest BCUT2D eigenvalue weighted by atomic mass is 10.2. The van der Waals surface area contributed by atoms with Gasteiger partial charge in [0.1, 0.15) is 18.5 Å². The van der Waals surface area contributed by atoms with Gasteiger partial charge >= 0.3 is 5.69 Å². The molecule has 33 heavy (non-hydrogen) atoms. The minimum Gasteiger partial charge on any atom is -0.491 e. The van der Waals surface area contributed by atoms with Crippen molar-refractivity contribution in [3.63, 3.8) is 0 Å². The van der Waals surface area contributed by atoms with E-state index in [1.807, 2.05) is 72.6 Å². The Hall–Kier alpha value is -3.85. The number of rotatable bonds is 8. The van der Waals surface area contributed by atoms with Gasteiger partial charge in [-0.3, -0.25) is 13.9 Å². The summed E-state index contributed by atoms with van der Waals surface area (Å²) < 4.78 is 9.75. The smallest absolute Gasteiger partial charge is 0.332 e. The predicted octanol–water partition coefficient (Wildman–Crippen LogP) is 1.51. The van der Waals surface area contributed by atoms with E-state index in [1.54, 1.807) is 11.6 Å². The Morgan fingerprint density at radius 3 is 2.30 bits per heavy atom. The molecule has 0 aliphatic heterocycles. The average molecular weight is 450 g/mol. The minimum atomic E-state index is -0.909. The van der Waals surface area contributed by atoms with Crippen LogP contribution in [0.5, 0.6) is 5.75 Å². The molecule has 0 saturated heterocycles. The van der Waals surface area contributed by atoms with Crippen molar-refractivity contribution < 1.29 is 9.84 Å². The van der Waals surface area contributed by atoms with E-state index >= 15 is 0 Å². The number of para-hydroxylation sites is 1. The van der Waals surface area contributed by atoms with Gasteiger partial charge in [0.05, 0.1) is 6.54 Å². The van der Waals surface area contributed by atoms with Gasteiger partial charge < -0.3 is 19.3 Å². The average Bonchev–Trinajstić information content (AvgIpc) is 3.20. The summed E-state index contributed by atoms with van der Waals surface area (Å²) in [6.07, 6.45) is -0.909. The Kier molecular flexibility index (Phi) is 6.32. The Balaban J connectivity index is 1.72. The second-order valence-electron chi connectivity index (χ2n) is 8.02. The zero-order valence-corrected chi connectivity index (χ0v) is 18.9. The summed E-state index contributed by atoms with van der Waals surface area (Å²) >= 11 is 0. The molecule has 2 heterocycles. The summed E-state index contributed by atoms with van der Waals surface area (Å²) in [5, 5.41) is 10.8. The summed E-state index contributed by atoms with van der Waals surface area (Å²) in [6, 6.07) is 19.1. The zero-order chi connectivity index (χ0) is 23.5. The maximum atomic E-state index is 13.0. The number of aromatic nitrogens is 4. The fourth-order valence-electron chi connectivity index (χ4n) is 3.80. The Bertz CT molecular complexity index is 1360. The van der Waals surface area contributed by atoms with Crippen molar-refractivity contribution in [1.29, 1.82) is 0 Å². The van der Waals surface area contributed by atoms with E-state index in [4.69, 9.17) is 4.74 Å². The number of benzene rings is 2. The highest BCUT2D eigenvalue weighted by molar-refractivity contribution is 5.74. The number of fused-ring (bicyclic) bond motifs is 1. The third-order valence-electron chi connectivity index (χ3n) is 5.51. The van der Waals surface area contributed by atoms with Crippen LogP contribution in [0.15, 0.2) is 70.3 Å². The highest BCUT2D eigenvalue weighted by Crippen LogP contribution is 2.21. The largest absolute Gasteiger partial charge is 0.491 e. The van der Waals surface area contributed by atoms with E-state index in [9.17, 15) is 14.7 Å².